The Kier molecular flexibility index (Phi) is 4.14. The number of aliphatic hydroxyl groups is 1. The Morgan fingerprint density at radius 3 is 2.67 bits per heavy atom. The highest BCUT2D eigenvalue weighted by Crippen LogP contribution is 2.29. The van der Waals surface area contributed by atoms with Crippen molar-refractivity contribution >= 4 is 5.91 Å². The fourth-order valence-corrected chi connectivity index (χ4v) is 1.94. The quantitative estimate of drug-likeness (QED) is 0.771. The Labute approximate surface area is 92.5 Å². The molecule has 3 heteroatoms. The van der Waals surface area contributed by atoms with E-state index in [9.17, 15) is 9.90 Å². The molecule has 1 N–H and O–H groups in total. The molecule has 0 aromatic heterocycles. The van der Waals surface area contributed by atoms with Crippen LogP contribution >= 0.6 is 0 Å². The van der Waals surface area contributed by atoms with E-state index in [1.54, 1.807) is 0 Å². The molecule has 0 unspecified atom stereocenters. The Morgan fingerprint density at radius 1 is 1.53 bits per heavy atom. The number of likely N-dealkylation sites (tertiary alicyclic amines) is 1. The molecule has 1 atom stereocenters. The van der Waals surface area contributed by atoms with E-state index in [4.69, 9.17) is 0 Å². The van der Waals surface area contributed by atoms with Gasteiger partial charge < -0.3 is 10.0 Å². The second kappa shape index (κ2) is 4.97. The summed E-state index contributed by atoms with van der Waals surface area (Å²) in [6.07, 6.45) is 2.54. The smallest absolute Gasteiger partial charge is 0.222 e. The number of rotatable bonds is 4. The molecule has 0 aliphatic carbocycles. The van der Waals surface area contributed by atoms with Crippen LogP contribution in [0.5, 0.6) is 0 Å². The molecule has 1 fully saturated rings. The highest BCUT2D eigenvalue weighted by atomic mass is 16.3. The van der Waals surface area contributed by atoms with Crippen LogP contribution in [0.25, 0.3) is 0 Å². The molecule has 15 heavy (non-hydrogen) atoms. The molecule has 3 nitrogen and oxygen atoms in total. The van der Waals surface area contributed by atoms with Gasteiger partial charge in [-0.25, -0.2) is 0 Å². The average Bonchev–Trinajstić information content (AvgIpc) is 2.58. The van der Waals surface area contributed by atoms with Crippen molar-refractivity contribution in [3.63, 3.8) is 0 Å². The van der Waals surface area contributed by atoms with Crippen molar-refractivity contribution in [3.8, 4) is 0 Å². The van der Waals surface area contributed by atoms with Crippen molar-refractivity contribution in [2.24, 2.45) is 11.3 Å². The largest absolute Gasteiger partial charge is 0.396 e. The molecule has 1 heterocycles. The van der Waals surface area contributed by atoms with Gasteiger partial charge in [0, 0.05) is 24.9 Å². The van der Waals surface area contributed by atoms with E-state index < -0.39 is 0 Å². The zero-order valence-electron chi connectivity index (χ0n) is 10.1. The summed E-state index contributed by atoms with van der Waals surface area (Å²) in [5, 5.41) is 9.21. The summed E-state index contributed by atoms with van der Waals surface area (Å²) in [7, 11) is 0. The average molecular weight is 213 g/mol. The maximum absolute atomic E-state index is 11.8. The zero-order valence-corrected chi connectivity index (χ0v) is 10.1. The molecular formula is C12H23NO2. The first-order chi connectivity index (χ1) is 6.97. The standard InChI is InChI=1S/C12H23NO2/c1-10(2)4-5-11(15)13-7-6-12(3,8-13)9-14/h10,14H,4-9H2,1-3H3/t12-/m1/s1. The van der Waals surface area contributed by atoms with Gasteiger partial charge in [-0.3, -0.25) is 4.79 Å². The van der Waals surface area contributed by atoms with E-state index in [1.807, 2.05) is 11.8 Å². The van der Waals surface area contributed by atoms with Crippen molar-refractivity contribution < 1.29 is 9.90 Å². The maximum Gasteiger partial charge on any atom is 0.222 e. The predicted molar refractivity (Wildman–Crippen MR) is 60.5 cm³/mol. The van der Waals surface area contributed by atoms with E-state index in [1.165, 1.54) is 0 Å². The lowest BCUT2D eigenvalue weighted by Gasteiger charge is -2.22. The first-order valence-corrected chi connectivity index (χ1v) is 5.85. The van der Waals surface area contributed by atoms with Crippen LogP contribution in [0, 0.1) is 11.3 Å². The van der Waals surface area contributed by atoms with Gasteiger partial charge in [0.2, 0.25) is 5.91 Å². The number of carbonyl (C=O) groups excluding carboxylic acids is 1. The van der Waals surface area contributed by atoms with Crippen molar-refractivity contribution in [2.75, 3.05) is 19.7 Å². The van der Waals surface area contributed by atoms with Crippen LogP contribution in [0.4, 0.5) is 0 Å². The summed E-state index contributed by atoms with van der Waals surface area (Å²) >= 11 is 0. The summed E-state index contributed by atoms with van der Waals surface area (Å²) < 4.78 is 0. The van der Waals surface area contributed by atoms with Gasteiger partial charge in [0.1, 0.15) is 0 Å². The fraction of sp³-hybridized carbons (Fsp3) is 0.917. The molecule has 1 aliphatic heterocycles. The molecule has 1 aliphatic rings. The number of hydrogen-bond acceptors (Lipinski definition) is 2. The summed E-state index contributed by atoms with van der Waals surface area (Å²) in [5.41, 5.74) is -0.0620. The van der Waals surface area contributed by atoms with Gasteiger partial charge in [-0.05, 0) is 18.8 Å². The number of hydrogen-bond donors (Lipinski definition) is 1. The SMILES string of the molecule is CC(C)CCC(=O)N1CC[C@@](C)(CO)C1. The van der Waals surface area contributed by atoms with Crippen LogP contribution in [-0.2, 0) is 4.79 Å². The van der Waals surface area contributed by atoms with Gasteiger partial charge in [-0.1, -0.05) is 20.8 Å². The minimum absolute atomic E-state index is 0.0620. The Hall–Kier alpha value is -0.570. The van der Waals surface area contributed by atoms with Gasteiger partial charge in [0.05, 0.1) is 6.61 Å². The first-order valence-electron chi connectivity index (χ1n) is 5.85. The molecule has 0 spiro atoms. The molecule has 1 rings (SSSR count). The van der Waals surface area contributed by atoms with Crippen molar-refractivity contribution in [1.29, 1.82) is 0 Å². The van der Waals surface area contributed by atoms with Gasteiger partial charge in [-0.2, -0.15) is 0 Å². The molecule has 1 amide bonds. The molecule has 0 saturated carbocycles. The molecule has 88 valence electrons. The second-order valence-electron chi connectivity index (χ2n) is 5.47. The Bertz CT molecular complexity index is 228. The molecule has 0 bridgehead atoms. The van der Waals surface area contributed by atoms with Crippen LogP contribution in [0.3, 0.4) is 0 Å². The fourth-order valence-electron chi connectivity index (χ4n) is 1.94. The minimum atomic E-state index is -0.0620. The lowest BCUT2D eigenvalue weighted by Crippen LogP contribution is -2.32. The van der Waals surface area contributed by atoms with Crippen LogP contribution < -0.4 is 0 Å². The molecule has 0 aromatic rings. The third kappa shape index (κ3) is 3.49. The molecule has 1 saturated heterocycles. The van der Waals surface area contributed by atoms with E-state index in [2.05, 4.69) is 13.8 Å². The summed E-state index contributed by atoms with van der Waals surface area (Å²) in [4.78, 5) is 13.7. The third-order valence-electron chi connectivity index (χ3n) is 3.23. The topological polar surface area (TPSA) is 40.5 Å². The zero-order chi connectivity index (χ0) is 11.5. The summed E-state index contributed by atoms with van der Waals surface area (Å²) in [6, 6.07) is 0. The third-order valence-corrected chi connectivity index (χ3v) is 3.23. The van der Waals surface area contributed by atoms with E-state index in [0.29, 0.717) is 12.3 Å². The first kappa shape index (κ1) is 12.5. The number of amides is 1. The number of carbonyl (C=O) groups is 1. The van der Waals surface area contributed by atoms with Crippen LogP contribution in [0.1, 0.15) is 40.0 Å². The monoisotopic (exact) mass is 213 g/mol. The van der Waals surface area contributed by atoms with Gasteiger partial charge >= 0.3 is 0 Å². The van der Waals surface area contributed by atoms with E-state index >= 15 is 0 Å². The van der Waals surface area contributed by atoms with E-state index in [-0.39, 0.29) is 17.9 Å². The van der Waals surface area contributed by atoms with Crippen LogP contribution in [0.15, 0.2) is 0 Å². The Balaban J connectivity index is 2.37. The maximum atomic E-state index is 11.8. The molecule has 0 aromatic carbocycles. The predicted octanol–water partition coefficient (Wildman–Crippen LogP) is 1.65. The van der Waals surface area contributed by atoms with Crippen LogP contribution in [0.2, 0.25) is 0 Å². The molecular weight excluding hydrogens is 190 g/mol. The van der Waals surface area contributed by atoms with Gasteiger partial charge in [-0.15, -0.1) is 0 Å². The highest BCUT2D eigenvalue weighted by Gasteiger charge is 2.35. The minimum Gasteiger partial charge on any atom is -0.396 e. The lowest BCUT2D eigenvalue weighted by molar-refractivity contribution is -0.130. The normalized spacial score (nSPS) is 26.3. The second-order valence-corrected chi connectivity index (χ2v) is 5.47. The van der Waals surface area contributed by atoms with E-state index in [0.717, 1.165) is 25.9 Å². The van der Waals surface area contributed by atoms with Crippen molar-refractivity contribution in [1.82, 2.24) is 4.90 Å². The van der Waals surface area contributed by atoms with Gasteiger partial charge in [0.25, 0.3) is 0 Å². The number of aliphatic hydroxyl groups excluding tert-OH is 1. The summed E-state index contributed by atoms with van der Waals surface area (Å²) in [5.74, 6) is 0.835. The lowest BCUT2D eigenvalue weighted by atomic mass is 9.91. The number of nitrogens with zero attached hydrogens (tertiary/aromatic N) is 1. The van der Waals surface area contributed by atoms with Crippen molar-refractivity contribution in [3.05, 3.63) is 0 Å². The van der Waals surface area contributed by atoms with Crippen LogP contribution in [-0.4, -0.2) is 35.6 Å². The van der Waals surface area contributed by atoms with Gasteiger partial charge in [0.15, 0.2) is 0 Å². The highest BCUT2D eigenvalue weighted by molar-refractivity contribution is 5.76. The van der Waals surface area contributed by atoms with Crippen molar-refractivity contribution in [2.45, 2.75) is 40.0 Å². The Morgan fingerprint density at radius 2 is 2.20 bits per heavy atom. The molecule has 0 radical (unpaired) electrons. The summed E-state index contributed by atoms with van der Waals surface area (Å²) in [6.45, 7) is 8.03.